The second-order valence-corrected chi connectivity index (χ2v) is 5.11. The summed E-state index contributed by atoms with van der Waals surface area (Å²) in [5.41, 5.74) is 0.911. The number of benzene rings is 1. The van der Waals surface area contributed by atoms with E-state index in [-0.39, 0.29) is 17.5 Å². The molecule has 0 unspecified atom stereocenters. The molecule has 2 rings (SSSR count). The Balaban J connectivity index is 2.14. The van der Waals surface area contributed by atoms with Crippen LogP contribution in [0.4, 0.5) is 5.69 Å². The number of hydrogen-bond acceptors (Lipinski definition) is 4. The highest BCUT2D eigenvalue weighted by atomic mass is 16.6. The first-order chi connectivity index (χ1) is 9.88. The molecular formula is C14H17N3O4. The fraction of sp³-hybridized carbons (Fsp3) is 0.429. The lowest BCUT2D eigenvalue weighted by Crippen LogP contribution is -2.50. The molecule has 21 heavy (non-hydrogen) atoms. The molecule has 0 aliphatic carbocycles. The monoisotopic (exact) mass is 291 g/mol. The maximum absolute atomic E-state index is 12.4. The smallest absolute Gasteiger partial charge is 0.270 e. The summed E-state index contributed by atoms with van der Waals surface area (Å²) in [6.07, 6.45) is 0. The van der Waals surface area contributed by atoms with Gasteiger partial charge in [-0.3, -0.25) is 19.7 Å². The number of non-ortho nitro benzene ring substituents is 1. The highest BCUT2D eigenvalue weighted by molar-refractivity contribution is 5.95. The molecule has 0 saturated carbocycles. The Hall–Kier alpha value is -2.44. The van der Waals surface area contributed by atoms with Crippen LogP contribution in [0.25, 0.3) is 0 Å². The topological polar surface area (TPSA) is 83.8 Å². The van der Waals surface area contributed by atoms with Crippen LogP contribution in [-0.4, -0.2) is 52.7 Å². The van der Waals surface area contributed by atoms with E-state index >= 15 is 0 Å². The van der Waals surface area contributed by atoms with Crippen molar-refractivity contribution in [3.05, 3.63) is 39.4 Å². The third-order valence-electron chi connectivity index (χ3n) is 3.53. The minimum absolute atomic E-state index is 0.00621. The second kappa shape index (κ2) is 5.90. The summed E-state index contributed by atoms with van der Waals surface area (Å²) in [5, 5.41) is 10.9. The molecular weight excluding hydrogens is 274 g/mol. The van der Waals surface area contributed by atoms with Crippen LogP contribution < -0.4 is 0 Å². The summed E-state index contributed by atoms with van der Waals surface area (Å²) in [5.74, 6) is -0.238. The third-order valence-corrected chi connectivity index (χ3v) is 3.53. The lowest BCUT2D eigenvalue weighted by atomic mass is 10.1. The van der Waals surface area contributed by atoms with E-state index in [2.05, 4.69) is 0 Å². The molecule has 1 aliphatic rings. The van der Waals surface area contributed by atoms with Gasteiger partial charge in [-0.1, -0.05) is 0 Å². The Labute approximate surface area is 122 Å². The van der Waals surface area contributed by atoms with Gasteiger partial charge in [0.2, 0.25) is 5.91 Å². The Morgan fingerprint density at radius 1 is 1.10 bits per heavy atom. The van der Waals surface area contributed by atoms with E-state index in [0.717, 1.165) is 0 Å². The Bertz CT molecular complexity index is 592. The molecule has 7 nitrogen and oxygen atoms in total. The molecule has 1 heterocycles. The highest BCUT2D eigenvalue weighted by Gasteiger charge is 2.24. The molecule has 0 radical (unpaired) electrons. The van der Waals surface area contributed by atoms with Crippen LogP contribution >= 0.6 is 0 Å². The zero-order valence-corrected chi connectivity index (χ0v) is 12.0. The minimum atomic E-state index is -0.503. The summed E-state index contributed by atoms with van der Waals surface area (Å²) >= 11 is 0. The molecule has 2 amide bonds. The van der Waals surface area contributed by atoms with Gasteiger partial charge >= 0.3 is 0 Å². The Kier molecular flexibility index (Phi) is 4.21. The van der Waals surface area contributed by atoms with E-state index in [1.807, 2.05) is 0 Å². The standard InChI is InChI=1S/C14H17N3O4/c1-10-7-12(9-13(8-10)17(20)21)14(19)16-5-3-15(4-6-16)11(2)18/h7-9H,3-6H2,1-2H3. The summed E-state index contributed by atoms with van der Waals surface area (Å²) in [7, 11) is 0. The van der Waals surface area contributed by atoms with Crippen LogP contribution in [0.3, 0.4) is 0 Å². The number of rotatable bonds is 2. The predicted molar refractivity (Wildman–Crippen MR) is 76.0 cm³/mol. The van der Waals surface area contributed by atoms with Crippen molar-refractivity contribution in [1.82, 2.24) is 9.80 Å². The zero-order valence-electron chi connectivity index (χ0n) is 12.0. The minimum Gasteiger partial charge on any atom is -0.339 e. The number of nitrogens with zero attached hydrogens (tertiary/aromatic N) is 3. The van der Waals surface area contributed by atoms with Gasteiger partial charge in [0.1, 0.15) is 0 Å². The number of piperazine rings is 1. The van der Waals surface area contributed by atoms with Crippen molar-refractivity contribution >= 4 is 17.5 Å². The summed E-state index contributed by atoms with van der Waals surface area (Å²) < 4.78 is 0. The van der Waals surface area contributed by atoms with Gasteiger partial charge in [0.25, 0.3) is 11.6 Å². The van der Waals surface area contributed by atoms with Gasteiger partial charge in [0.15, 0.2) is 0 Å². The van der Waals surface area contributed by atoms with Gasteiger partial charge < -0.3 is 9.80 Å². The fourth-order valence-electron chi connectivity index (χ4n) is 2.40. The van der Waals surface area contributed by atoms with Gasteiger partial charge in [0, 0.05) is 50.8 Å². The van der Waals surface area contributed by atoms with Gasteiger partial charge in [0.05, 0.1) is 4.92 Å². The Morgan fingerprint density at radius 2 is 1.67 bits per heavy atom. The maximum Gasteiger partial charge on any atom is 0.270 e. The van der Waals surface area contributed by atoms with E-state index in [4.69, 9.17) is 0 Å². The normalized spacial score (nSPS) is 15.0. The highest BCUT2D eigenvalue weighted by Crippen LogP contribution is 2.18. The van der Waals surface area contributed by atoms with E-state index in [9.17, 15) is 19.7 Å². The number of nitro groups is 1. The van der Waals surface area contributed by atoms with Crippen LogP contribution in [0.15, 0.2) is 18.2 Å². The van der Waals surface area contributed by atoms with Crippen molar-refractivity contribution in [2.45, 2.75) is 13.8 Å². The molecule has 0 bridgehead atoms. The van der Waals surface area contributed by atoms with Gasteiger partial charge in [-0.25, -0.2) is 0 Å². The molecule has 112 valence electrons. The molecule has 1 aliphatic heterocycles. The van der Waals surface area contributed by atoms with Crippen molar-refractivity contribution in [3.8, 4) is 0 Å². The summed E-state index contributed by atoms with van der Waals surface area (Å²) in [6, 6.07) is 4.38. The van der Waals surface area contributed by atoms with Crippen molar-refractivity contribution in [2.75, 3.05) is 26.2 Å². The average molecular weight is 291 g/mol. The van der Waals surface area contributed by atoms with E-state index in [1.54, 1.807) is 22.8 Å². The summed E-state index contributed by atoms with van der Waals surface area (Å²) in [4.78, 5) is 37.3. The van der Waals surface area contributed by atoms with Crippen molar-refractivity contribution in [2.24, 2.45) is 0 Å². The number of carbonyl (C=O) groups excluding carboxylic acids is 2. The van der Waals surface area contributed by atoms with E-state index in [1.165, 1.54) is 19.1 Å². The number of hydrogen-bond donors (Lipinski definition) is 0. The van der Waals surface area contributed by atoms with Crippen LogP contribution in [-0.2, 0) is 4.79 Å². The molecule has 0 N–H and O–H groups in total. The molecule has 1 aromatic rings. The molecule has 7 heteroatoms. The van der Waals surface area contributed by atoms with Crippen molar-refractivity contribution in [1.29, 1.82) is 0 Å². The largest absolute Gasteiger partial charge is 0.339 e. The number of nitro benzene ring substituents is 1. The first kappa shape index (κ1) is 15.0. The van der Waals surface area contributed by atoms with E-state index < -0.39 is 4.92 Å². The van der Waals surface area contributed by atoms with Crippen LogP contribution in [0.5, 0.6) is 0 Å². The molecule has 1 fully saturated rings. The number of amides is 2. The fourth-order valence-corrected chi connectivity index (χ4v) is 2.40. The van der Waals surface area contributed by atoms with Gasteiger partial charge in [-0.2, -0.15) is 0 Å². The first-order valence-corrected chi connectivity index (χ1v) is 6.69. The molecule has 0 spiro atoms. The van der Waals surface area contributed by atoms with Crippen molar-refractivity contribution < 1.29 is 14.5 Å². The average Bonchev–Trinajstić information content (AvgIpc) is 2.45. The van der Waals surface area contributed by atoms with Gasteiger partial charge in [-0.15, -0.1) is 0 Å². The lowest BCUT2D eigenvalue weighted by molar-refractivity contribution is -0.384. The number of carbonyl (C=O) groups is 2. The van der Waals surface area contributed by atoms with Crippen LogP contribution in [0, 0.1) is 17.0 Å². The maximum atomic E-state index is 12.4. The summed E-state index contributed by atoms with van der Waals surface area (Å²) in [6.45, 7) is 5.10. The SMILES string of the molecule is CC(=O)N1CCN(C(=O)c2cc(C)cc([N+](=O)[O-])c2)CC1. The number of aryl methyl sites for hydroxylation is 1. The van der Waals surface area contributed by atoms with Crippen LogP contribution in [0.2, 0.25) is 0 Å². The zero-order chi connectivity index (χ0) is 15.6. The predicted octanol–water partition coefficient (Wildman–Crippen LogP) is 1.21. The molecule has 1 aromatic carbocycles. The van der Waals surface area contributed by atoms with Gasteiger partial charge in [-0.05, 0) is 18.6 Å². The molecule has 0 aromatic heterocycles. The second-order valence-electron chi connectivity index (χ2n) is 5.11. The lowest BCUT2D eigenvalue weighted by Gasteiger charge is -2.34. The molecule has 0 atom stereocenters. The molecule has 1 saturated heterocycles. The third kappa shape index (κ3) is 3.36. The van der Waals surface area contributed by atoms with Crippen LogP contribution in [0.1, 0.15) is 22.8 Å². The van der Waals surface area contributed by atoms with Crippen molar-refractivity contribution in [3.63, 3.8) is 0 Å². The van der Waals surface area contributed by atoms with E-state index in [0.29, 0.717) is 37.3 Å². The first-order valence-electron chi connectivity index (χ1n) is 6.69. The Morgan fingerprint density at radius 3 is 2.19 bits per heavy atom. The quantitative estimate of drug-likeness (QED) is 0.605.